The molecule has 4 aromatic carbocycles. The maximum atomic E-state index is 14.7. The number of carbonyl (C=O) groups excluding carboxylic acids is 2. The van der Waals surface area contributed by atoms with Crippen molar-refractivity contribution >= 4 is 43.5 Å². The van der Waals surface area contributed by atoms with Gasteiger partial charge >= 0.3 is 6.18 Å². The molecule has 264 valence electrons. The minimum atomic E-state index is -4.76. The quantitative estimate of drug-likeness (QED) is 0.158. The topological polar surface area (TPSA) is 86.8 Å². The molecule has 0 unspecified atom stereocenters. The van der Waals surface area contributed by atoms with Crippen molar-refractivity contribution in [2.24, 2.45) is 0 Å². The van der Waals surface area contributed by atoms with Crippen LogP contribution < -0.4 is 9.62 Å². The van der Waals surface area contributed by atoms with Gasteiger partial charge in [0.2, 0.25) is 11.8 Å². The first kappa shape index (κ1) is 37.1. The molecule has 0 spiro atoms. The summed E-state index contributed by atoms with van der Waals surface area (Å²) in [6.45, 7) is 0.859. The first-order chi connectivity index (χ1) is 23.8. The minimum Gasteiger partial charge on any atom is -0.352 e. The number of alkyl halides is 3. The van der Waals surface area contributed by atoms with E-state index in [0.717, 1.165) is 65.9 Å². The summed E-state index contributed by atoms with van der Waals surface area (Å²) in [7, 11) is -4.56. The summed E-state index contributed by atoms with van der Waals surface area (Å²) in [6, 6.07) is 25.0. The molecule has 0 aliphatic heterocycles. The fraction of sp³-hybridized carbons (Fsp3) is 0.316. The molecule has 1 atom stereocenters. The highest BCUT2D eigenvalue weighted by atomic mass is 79.9. The number of hydrogen-bond donors (Lipinski definition) is 1. The summed E-state index contributed by atoms with van der Waals surface area (Å²) in [4.78, 5) is 30.0. The molecule has 0 radical (unpaired) electrons. The number of aryl methyl sites for hydroxylation is 1. The molecular formula is C38H39BrF3N3O4S. The molecule has 12 heteroatoms. The van der Waals surface area contributed by atoms with Crippen LogP contribution in [0.3, 0.4) is 0 Å². The number of nitrogens with one attached hydrogen (secondary N) is 1. The molecular weight excluding hydrogens is 731 g/mol. The molecule has 1 N–H and O–H groups in total. The second kappa shape index (κ2) is 16.2. The summed E-state index contributed by atoms with van der Waals surface area (Å²) in [5.74, 6) is -1.13. The Bertz CT molecular complexity index is 1880. The van der Waals surface area contributed by atoms with E-state index in [9.17, 15) is 31.2 Å². The molecule has 0 saturated heterocycles. The Kier molecular flexibility index (Phi) is 12.1. The molecule has 1 aliphatic carbocycles. The van der Waals surface area contributed by atoms with Crippen molar-refractivity contribution in [3.8, 4) is 0 Å². The maximum Gasteiger partial charge on any atom is 0.416 e. The highest BCUT2D eigenvalue weighted by Crippen LogP contribution is 2.34. The van der Waals surface area contributed by atoms with Crippen LogP contribution in [0.2, 0.25) is 0 Å². The highest BCUT2D eigenvalue weighted by molar-refractivity contribution is 9.10. The summed E-state index contributed by atoms with van der Waals surface area (Å²) in [5, 5.41) is 3.14. The highest BCUT2D eigenvalue weighted by Gasteiger charge is 2.37. The first-order valence-electron chi connectivity index (χ1n) is 16.5. The van der Waals surface area contributed by atoms with E-state index in [4.69, 9.17) is 0 Å². The zero-order valence-electron chi connectivity index (χ0n) is 27.6. The lowest BCUT2D eigenvalue weighted by Gasteiger charge is -2.35. The lowest BCUT2D eigenvalue weighted by Crippen LogP contribution is -2.55. The lowest BCUT2D eigenvalue weighted by atomic mass is 9.94. The van der Waals surface area contributed by atoms with E-state index >= 15 is 0 Å². The Hall–Kier alpha value is -4.16. The van der Waals surface area contributed by atoms with E-state index in [1.54, 1.807) is 37.3 Å². The fourth-order valence-electron chi connectivity index (χ4n) is 6.13. The Morgan fingerprint density at radius 1 is 0.860 bits per heavy atom. The Labute approximate surface area is 299 Å². The first-order valence-corrected chi connectivity index (χ1v) is 18.7. The molecule has 2 amide bonds. The molecule has 0 heterocycles. The van der Waals surface area contributed by atoms with Crippen molar-refractivity contribution in [2.45, 2.75) is 75.1 Å². The summed E-state index contributed by atoms with van der Waals surface area (Å²) in [5.41, 5.74) is 0.834. The summed E-state index contributed by atoms with van der Waals surface area (Å²) >= 11 is 3.46. The third-order valence-electron chi connectivity index (χ3n) is 8.81. The molecule has 50 heavy (non-hydrogen) atoms. The van der Waals surface area contributed by atoms with Gasteiger partial charge in [-0.05, 0) is 73.4 Å². The Morgan fingerprint density at radius 3 is 2.18 bits per heavy atom. The number of halogens is 4. The molecule has 1 aliphatic rings. The molecule has 1 saturated carbocycles. The van der Waals surface area contributed by atoms with E-state index in [2.05, 4.69) is 21.2 Å². The van der Waals surface area contributed by atoms with Crippen molar-refractivity contribution in [2.75, 3.05) is 10.8 Å². The summed E-state index contributed by atoms with van der Waals surface area (Å²) in [6.07, 6.45) is 0.00414. The number of carbonyl (C=O) groups is 2. The predicted octanol–water partition coefficient (Wildman–Crippen LogP) is 8.06. The van der Waals surface area contributed by atoms with Crippen LogP contribution in [-0.4, -0.2) is 43.8 Å². The molecule has 5 rings (SSSR count). The van der Waals surface area contributed by atoms with Gasteiger partial charge in [-0.2, -0.15) is 13.2 Å². The van der Waals surface area contributed by atoms with Gasteiger partial charge in [-0.15, -0.1) is 0 Å². The summed E-state index contributed by atoms with van der Waals surface area (Å²) < 4.78 is 71.4. The van der Waals surface area contributed by atoms with Crippen LogP contribution in [0.1, 0.15) is 54.4 Å². The van der Waals surface area contributed by atoms with Crippen LogP contribution in [0, 0.1) is 6.92 Å². The van der Waals surface area contributed by atoms with Crippen molar-refractivity contribution in [3.05, 3.63) is 130 Å². The third kappa shape index (κ3) is 9.54. The SMILES string of the molecule is Cc1ccc(S(=O)(=O)N(CC(=O)N(Cc2cccc(Br)c2)[C@@H](Cc2ccccc2)C(=O)NC2CCCCC2)c2cccc(C(F)(F)F)c2)cc1. The molecule has 7 nitrogen and oxygen atoms in total. The van der Waals surface area contributed by atoms with Gasteiger partial charge in [0.15, 0.2) is 0 Å². The van der Waals surface area contributed by atoms with Crippen molar-refractivity contribution in [3.63, 3.8) is 0 Å². The smallest absolute Gasteiger partial charge is 0.352 e. The standard InChI is InChI=1S/C38H39BrF3N3O4S/c1-27-18-20-34(21-19-27)50(48,49)45(33-17-9-13-30(24-33)38(40,41)42)26-36(46)44(25-29-12-8-14-31(39)22-29)35(23-28-10-4-2-5-11-28)37(47)43-32-15-6-3-7-16-32/h2,4-5,8-14,17-22,24,32,35H,3,6-7,15-16,23,25-26H2,1H3,(H,43,47)/t35-/m0/s1. The number of rotatable bonds is 12. The number of sulfonamides is 1. The lowest BCUT2D eigenvalue weighted by molar-refractivity contribution is -0.140. The van der Waals surface area contributed by atoms with Crippen LogP contribution in [0.15, 0.2) is 112 Å². The predicted molar refractivity (Wildman–Crippen MR) is 191 cm³/mol. The van der Waals surface area contributed by atoms with Gasteiger partial charge in [-0.3, -0.25) is 13.9 Å². The maximum absolute atomic E-state index is 14.7. The number of hydrogen-bond acceptors (Lipinski definition) is 4. The average Bonchev–Trinajstić information content (AvgIpc) is 3.09. The van der Waals surface area contributed by atoms with Crippen LogP contribution in [0.5, 0.6) is 0 Å². The zero-order chi connectivity index (χ0) is 35.9. The second-order valence-electron chi connectivity index (χ2n) is 12.6. The monoisotopic (exact) mass is 769 g/mol. The van der Waals surface area contributed by atoms with Crippen LogP contribution in [0.25, 0.3) is 0 Å². The van der Waals surface area contributed by atoms with Crippen molar-refractivity contribution in [1.82, 2.24) is 10.2 Å². The molecule has 0 aromatic heterocycles. The minimum absolute atomic E-state index is 0.0606. The van der Waals surface area contributed by atoms with Gasteiger partial charge < -0.3 is 10.2 Å². The molecule has 1 fully saturated rings. The van der Waals surface area contributed by atoms with Crippen LogP contribution in [0.4, 0.5) is 18.9 Å². The number of amides is 2. The average molecular weight is 771 g/mol. The van der Waals surface area contributed by atoms with Gasteiger partial charge in [0.25, 0.3) is 10.0 Å². The number of benzene rings is 4. The third-order valence-corrected chi connectivity index (χ3v) is 11.1. The second-order valence-corrected chi connectivity index (χ2v) is 15.4. The molecule has 4 aromatic rings. The van der Waals surface area contributed by atoms with Crippen LogP contribution >= 0.6 is 15.9 Å². The van der Waals surface area contributed by atoms with E-state index < -0.39 is 40.3 Å². The zero-order valence-corrected chi connectivity index (χ0v) is 30.0. The van der Waals surface area contributed by atoms with Gasteiger partial charge in [0, 0.05) is 23.5 Å². The fourth-order valence-corrected chi connectivity index (χ4v) is 7.99. The van der Waals surface area contributed by atoms with Crippen LogP contribution in [-0.2, 0) is 38.8 Å². The number of nitrogens with zero attached hydrogens (tertiary/aromatic N) is 2. The Morgan fingerprint density at radius 2 is 1.52 bits per heavy atom. The van der Waals surface area contributed by atoms with Crippen molar-refractivity contribution < 1.29 is 31.2 Å². The van der Waals surface area contributed by atoms with Gasteiger partial charge in [0.1, 0.15) is 12.6 Å². The normalized spacial score (nSPS) is 14.5. The van der Waals surface area contributed by atoms with Crippen molar-refractivity contribution in [1.29, 1.82) is 0 Å². The molecule has 0 bridgehead atoms. The number of anilines is 1. The van der Waals surface area contributed by atoms with E-state index in [-0.39, 0.29) is 35.5 Å². The van der Waals surface area contributed by atoms with E-state index in [1.165, 1.54) is 23.1 Å². The van der Waals surface area contributed by atoms with Gasteiger partial charge in [-0.25, -0.2) is 8.42 Å². The largest absolute Gasteiger partial charge is 0.416 e. The van der Waals surface area contributed by atoms with Gasteiger partial charge in [0.05, 0.1) is 16.1 Å². The Balaban J connectivity index is 1.60. The van der Waals surface area contributed by atoms with Gasteiger partial charge in [-0.1, -0.05) is 101 Å². The van der Waals surface area contributed by atoms with E-state index in [0.29, 0.717) is 9.87 Å². The van der Waals surface area contributed by atoms with E-state index in [1.807, 2.05) is 36.4 Å².